The standard InChI is InChI=1S/C17H20N2O2/c1-11(2)21-16-9-5-7-13(17(16)18)19-14-10-20-15-8-4-3-6-12(14)15/h3-9,11,14,19H,10,18H2,1-2H3. The molecule has 0 saturated carbocycles. The molecule has 0 radical (unpaired) electrons. The molecule has 1 heterocycles. The lowest BCUT2D eigenvalue weighted by molar-refractivity contribution is 0.244. The third-order valence-electron chi connectivity index (χ3n) is 3.46. The Balaban J connectivity index is 1.83. The molecular weight excluding hydrogens is 264 g/mol. The summed E-state index contributed by atoms with van der Waals surface area (Å²) in [5.74, 6) is 1.64. The maximum absolute atomic E-state index is 6.20. The van der Waals surface area contributed by atoms with Crippen molar-refractivity contribution >= 4 is 11.4 Å². The third kappa shape index (κ3) is 2.75. The van der Waals surface area contributed by atoms with Crippen LogP contribution in [0.25, 0.3) is 0 Å². The smallest absolute Gasteiger partial charge is 0.144 e. The highest BCUT2D eigenvalue weighted by molar-refractivity contribution is 5.73. The number of hydrogen-bond acceptors (Lipinski definition) is 4. The second-order valence-electron chi connectivity index (χ2n) is 5.43. The van der Waals surface area contributed by atoms with Crippen molar-refractivity contribution in [2.24, 2.45) is 0 Å². The summed E-state index contributed by atoms with van der Waals surface area (Å²) in [6, 6.07) is 14.0. The minimum absolute atomic E-state index is 0.0955. The van der Waals surface area contributed by atoms with Crippen LogP contribution in [0.2, 0.25) is 0 Å². The van der Waals surface area contributed by atoms with Gasteiger partial charge in [-0.15, -0.1) is 0 Å². The molecule has 1 unspecified atom stereocenters. The highest BCUT2D eigenvalue weighted by Gasteiger charge is 2.24. The van der Waals surface area contributed by atoms with E-state index in [-0.39, 0.29) is 12.1 Å². The van der Waals surface area contributed by atoms with E-state index in [9.17, 15) is 0 Å². The normalized spacial score (nSPS) is 16.4. The Bertz CT molecular complexity index is 640. The van der Waals surface area contributed by atoms with Crippen LogP contribution in [0.4, 0.5) is 11.4 Å². The Kier molecular flexibility index (Phi) is 3.60. The quantitative estimate of drug-likeness (QED) is 0.842. The molecule has 21 heavy (non-hydrogen) atoms. The van der Waals surface area contributed by atoms with E-state index in [0.29, 0.717) is 18.0 Å². The van der Waals surface area contributed by atoms with Crippen LogP contribution < -0.4 is 20.5 Å². The van der Waals surface area contributed by atoms with Gasteiger partial charge in [-0.25, -0.2) is 0 Å². The summed E-state index contributed by atoms with van der Waals surface area (Å²) in [5, 5.41) is 3.45. The molecule has 0 aliphatic carbocycles. The fraction of sp³-hybridized carbons (Fsp3) is 0.294. The molecule has 1 aliphatic rings. The van der Waals surface area contributed by atoms with Crippen molar-refractivity contribution in [3.63, 3.8) is 0 Å². The summed E-state index contributed by atoms with van der Waals surface area (Å²) in [4.78, 5) is 0. The minimum Gasteiger partial charge on any atom is -0.491 e. The topological polar surface area (TPSA) is 56.5 Å². The van der Waals surface area contributed by atoms with Crippen LogP contribution in [-0.4, -0.2) is 12.7 Å². The molecule has 110 valence electrons. The first-order chi connectivity index (χ1) is 10.1. The molecule has 1 aliphatic heterocycles. The molecule has 2 aromatic rings. The Morgan fingerprint density at radius 3 is 2.81 bits per heavy atom. The fourth-order valence-corrected chi connectivity index (χ4v) is 2.50. The number of benzene rings is 2. The van der Waals surface area contributed by atoms with Gasteiger partial charge < -0.3 is 20.5 Å². The highest BCUT2D eigenvalue weighted by atomic mass is 16.5. The van der Waals surface area contributed by atoms with E-state index in [1.54, 1.807) is 0 Å². The Labute approximate surface area is 124 Å². The van der Waals surface area contributed by atoms with Gasteiger partial charge in [-0.1, -0.05) is 24.3 Å². The Morgan fingerprint density at radius 2 is 2.00 bits per heavy atom. The summed E-state index contributed by atoms with van der Waals surface area (Å²) in [6.45, 7) is 4.58. The number of nitrogens with two attached hydrogens (primary N) is 1. The van der Waals surface area contributed by atoms with E-state index in [1.165, 1.54) is 0 Å². The van der Waals surface area contributed by atoms with Gasteiger partial charge in [-0.3, -0.25) is 0 Å². The zero-order chi connectivity index (χ0) is 14.8. The number of anilines is 2. The molecular formula is C17H20N2O2. The minimum atomic E-state index is 0.0955. The van der Waals surface area contributed by atoms with Gasteiger partial charge in [-0.2, -0.15) is 0 Å². The van der Waals surface area contributed by atoms with Gasteiger partial charge in [0.2, 0.25) is 0 Å². The summed E-state index contributed by atoms with van der Waals surface area (Å²) in [7, 11) is 0. The first-order valence-electron chi connectivity index (χ1n) is 7.18. The number of nitrogen functional groups attached to an aromatic ring is 1. The Hall–Kier alpha value is -2.36. The van der Waals surface area contributed by atoms with E-state index in [0.717, 1.165) is 17.0 Å². The summed E-state index contributed by atoms with van der Waals surface area (Å²) in [5.41, 5.74) is 8.87. The van der Waals surface area contributed by atoms with Crippen molar-refractivity contribution in [1.29, 1.82) is 0 Å². The van der Waals surface area contributed by atoms with Crippen molar-refractivity contribution in [3.05, 3.63) is 48.0 Å². The first-order valence-corrected chi connectivity index (χ1v) is 7.18. The number of hydrogen-bond donors (Lipinski definition) is 2. The number of para-hydroxylation sites is 2. The van der Waals surface area contributed by atoms with Gasteiger partial charge in [0.1, 0.15) is 18.1 Å². The largest absolute Gasteiger partial charge is 0.491 e. The first kappa shape index (κ1) is 13.6. The van der Waals surface area contributed by atoms with Crippen LogP contribution >= 0.6 is 0 Å². The molecule has 3 N–H and O–H groups in total. The molecule has 3 rings (SSSR count). The molecule has 4 nitrogen and oxygen atoms in total. The molecule has 2 aromatic carbocycles. The van der Waals surface area contributed by atoms with Crippen LogP contribution in [0, 0.1) is 0 Å². The van der Waals surface area contributed by atoms with Crippen molar-refractivity contribution in [1.82, 2.24) is 0 Å². The van der Waals surface area contributed by atoms with Crippen molar-refractivity contribution in [2.45, 2.75) is 26.0 Å². The predicted octanol–water partition coefficient (Wildman–Crippen LogP) is 3.60. The lowest BCUT2D eigenvalue weighted by Crippen LogP contribution is -2.14. The fourth-order valence-electron chi connectivity index (χ4n) is 2.50. The van der Waals surface area contributed by atoms with E-state index < -0.39 is 0 Å². The molecule has 0 bridgehead atoms. The zero-order valence-corrected chi connectivity index (χ0v) is 12.3. The lowest BCUT2D eigenvalue weighted by Gasteiger charge is -2.18. The van der Waals surface area contributed by atoms with Gasteiger partial charge in [0.25, 0.3) is 0 Å². The maximum Gasteiger partial charge on any atom is 0.144 e. The van der Waals surface area contributed by atoms with Crippen molar-refractivity contribution in [2.75, 3.05) is 17.7 Å². The lowest BCUT2D eigenvalue weighted by atomic mass is 10.1. The van der Waals surface area contributed by atoms with Crippen LogP contribution in [-0.2, 0) is 0 Å². The second-order valence-corrected chi connectivity index (χ2v) is 5.43. The van der Waals surface area contributed by atoms with Gasteiger partial charge >= 0.3 is 0 Å². The van der Waals surface area contributed by atoms with Crippen LogP contribution in [0.15, 0.2) is 42.5 Å². The monoisotopic (exact) mass is 284 g/mol. The van der Waals surface area contributed by atoms with Crippen molar-refractivity contribution in [3.8, 4) is 11.5 Å². The van der Waals surface area contributed by atoms with Gasteiger partial charge in [0, 0.05) is 5.56 Å². The molecule has 0 fully saturated rings. The number of rotatable bonds is 4. The zero-order valence-electron chi connectivity index (χ0n) is 12.3. The van der Waals surface area contributed by atoms with E-state index in [2.05, 4.69) is 11.4 Å². The summed E-state index contributed by atoms with van der Waals surface area (Å²) >= 11 is 0. The number of nitrogens with one attached hydrogen (secondary N) is 1. The molecule has 1 atom stereocenters. The average molecular weight is 284 g/mol. The molecule has 0 aromatic heterocycles. The molecule has 0 saturated heterocycles. The summed E-state index contributed by atoms with van der Waals surface area (Å²) in [6.07, 6.45) is 0.0955. The summed E-state index contributed by atoms with van der Waals surface area (Å²) < 4.78 is 11.4. The van der Waals surface area contributed by atoms with E-state index in [1.807, 2.05) is 50.2 Å². The van der Waals surface area contributed by atoms with E-state index >= 15 is 0 Å². The van der Waals surface area contributed by atoms with Crippen LogP contribution in [0.3, 0.4) is 0 Å². The highest BCUT2D eigenvalue weighted by Crippen LogP contribution is 2.37. The second kappa shape index (κ2) is 5.56. The average Bonchev–Trinajstić information content (AvgIpc) is 2.86. The maximum atomic E-state index is 6.20. The molecule has 0 spiro atoms. The SMILES string of the molecule is CC(C)Oc1cccc(NC2COc3ccccc32)c1N. The third-order valence-corrected chi connectivity index (χ3v) is 3.46. The van der Waals surface area contributed by atoms with Crippen LogP contribution in [0.1, 0.15) is 25.5 Å². The van der Waals surface area contributed by atoms with Gasteiger partial charge in [0.15, 0.2) is 0 Å². The van der Waals surface area contributed by atoms with Crippen molar-refractivity contribution < 1.29 is 9.47 Å². The number of fused-ring (bicyclic) bond motifs is 1. The van der Waals surface area contributed by atoms with Gasteiger partial charge in [-0.05, 0) is 32.0 Å². The molecule has 4 heteroatoms. The predicted molar refractivity (Wildman–Crippen MR) is 84.9 cm³/mol. The Morgan fingerprint density at radius 1 is 1.19 bits per heavy atom. The molecule has 0 amide bonds. The number of ether oxygens (including phenoxy) is 2. The van der Waals surface area contributed by atoms with Gasteiger partial charge in [0.05, 0.1) is 23.5 Å². The van der Waals surface area contributed by atoms with E-state index in [4.69, 9.17) is 15.2 Å². The van der Waals surface area contributed by atoms with Crippen LogP contribution in [0.5, 0.6) is 11.5 Å².